The monoisotopic (exact) mass is 483 g/mol. The van der Waals surface area contributed by atoms with E-state index in [1.807, 2.05) is 70.1 Å². The van der Waals surface area contributed by atoms with Gasteiger partial charge in [-0.3, -0.25) is 14.9 Å². The highest BCUT2D eigenvalue weighted by Gasteiger charge is 2.23. The van der Waals surface area contributed by atoms with Crippen LogP contribution in [0.3, 0.4) is 0 Å². The normalized spacial score (nSPS) is 11.8. The van der Waals surface area contributed by atoms with Crippen molar-refractivity contribution in [1.82, 2.24) is 20.2 Å². The number of amides is 1. The first-order valence-electron chi connectivity index (χ1n) is 10.4. The van der Waals surface area contributed by atoms with E-state index >= 15 is 0 Å². The molecule has 2 aromatic heterocycles. The molecule has 0 aliphatic carbocycles. The predicted octanol–water partition coefficient (Wildman–Crippen LogP) is 3.86. The van der Waals surface area contributed by atoms with Crippen molar-refractivity contribution in [3.63, 3.8) is 0 Å². The second-order valence-corrected chi connectivity index (χ2v) is 9.95. The number of carbonyl (C=O) groups is 1. The number of nitriles is 1. The molecule has 0 spiro atoms. The molecule has 0 saturated carbocycles. The quantitative estimate of drug-likeness (QED) is 0.365. The van der Waals surface area contributed by atoms with E-state index in [2.05, 4.69) is 25.5 Å². The summed E-state index contributed by atoms with van der Waals surface area (Å²) in [5, 5.41) is 21.5. The molecule has 3 aromatic rings. The molecule has 2 heterocycles. The summed E-state index contributed by atoms with van der Waals surface area (Å²) in [4.78, 5) is 34.5. The number of anilines is 2. The molecule has 0 unspecified atom stereocenters. The number of rotatable bonds is 8. The van der Waals surface area contributed by atoms with Crippen molar-refractivity contribution in [2.24, 2.45) is 0 Å². The van der Waals surface area contributed by atoms with Crippen LogP contribution < -0.4 is 15.8 Å². The van der Waals surface area contributed by atoms with Crippen molar-refractivity contribution in [2.45, 2.75) is 43.5 Å². The van der Waals surface area contributed by atoms with Gasteiger partial charge in [-0.1, -0.05) is 56.0 Å². The Bertz CT molecular complexity index is 1230. The molecule has 33 heavy (non-hydrogen) atoms. The number of nitrogens with zero attached hydrogens (tertiary/aromatic N) is 5. The number of benzene rings is 1. The fraction of sp³-hybridized carbons (Fsp3) is 0.364. The molecule has 1 amide bonds. The number of hydrogen-bond donors (Lipinski definition) is 2. The van der Waals surface area contributed by atoms with Crippen LogP contribution in [-0.4, -0.2) is 45.4 Å². The van der Waals surface area contributed by atoms with Crippen LogP contribution in [0.15, 0.2) is 34.2 Å². The highest BCUT2D eigenvalue weighted by atomic mass is 32.2. The van der Waals surface area contributed by atoms with Crippen LogP contribution in [0, 0.1) is 11.3 Å². The zero-order chi connectivity index (χ0) is 24.1. The van der Waals surface area contributed by atoms with Gasteiger partial charge in [0.2, 0.25) is 11.0 Å². The van der Waals surface area contributed by atoms with Gasteiger partial charge < -0.3 is 9.88 Å². The maximum absolute atomic E-state index is 12.8. The van der Waals surface area contributed by atoms with E-state index in [1.54, 1.807) is 0 Å². The number of carbonyl (C=O) groups excluding carboxylic acids is 1. The number of thioether (sulfide) groups is 1. The molecule has 0 radical (unpaired) electrons. The van der Waals surface area contributed by atoms with Gasteiger partial charge in [0.15, 0.2) is 5.16 Å². The molecule has 2 N–H and O–H groups in total. The zero-order valence-corrected chi connectivity index (χ0v) is 20.7. The number of H-pyrrole nitrogens is 1. The lowest BCUT2D eigenvalue weighted by molar-refractivity contribution is -0.115. The Labute approximate surface area is 200 Å². The van der Waals surface area contributed by atoms with Gasteiger partial charge >= 0.3 is 0 Å². The van der Waals surface area contributed by atoms with Crippen LogP contribution >= 0.6 is 23.1 Å². The Hall–Kier alpha value is -3.23. The standard InChI is InChI=1S/C22H25N7O2S2/c1-6-16(19(31)26-22-28-27-20(33-22)12(2)3)32-21-24-17(15(11-23)18(30)25-21)13-7-9-14(10-8-13)29(4)5/h7-10,12,16H,6H2,1-5H3,(H,24,25,30)(H,26,28,31)/t16-/m1/s1. The molecule has 1 aromatic carbocycles. The van der Waals surface area contributed by atoms with Crippen LogP contribution in [0.2, 0.25) is 0 Å². The lowest BCUT2D eigenvalue weighted by Crippen LogP contribution is -2.25. The minimum absolute atomic E-state index is 0.0653. The fourth-order valence-electron chi connectivity index (χ4n) is 2.90. The second kappa shape index (κ2) is 10.6. The van der Waals surface area contributed by atoms with Crippen molar-refractivity contribution < 1.29 is 4.79 Å². The number of aromatic amines is 1. The minimum Gasteiger partial charge on any atom is -0.378 e. The third kappa shape index (κ3) is 5.77. The maximum atomic E-state index is 12.8. The summed E-state index contributed by atoms with van der Waals surface area (Å²) in [7, 11) is 3.86. The number of hydrogen-bond acceptors (Lipinski definition) is 9. The third-order valence-electron chi connectivity index (χ3n) is 4.75. The van der Waals surface area contributed by atoms with Gasteiger partial charge in [0.1, 0.15) is 16.6 Å². The van der Waals surface area contributed by atoms with Crippen molar-refractivity contribution in [3.8, 4) is 17.3 Å². The molecule has 172 valence electrons. The molecule has 0 saturated heterocycles. The van der Waals surface area contributed by atoms with Crippen molar-refractivity contribution in [2.75, 3.05) is 24.3 Å². The van der Waals surface area contributed by atoms with E-state index in [0.29, 0.717) is 17.1 Å². The van der Waals surface area contributed by atoms with E-state index in [1.165, 1.54) is 11.3 Å². The molecule has 11 heteroatoms. The summed E-state index contributed by atoms with van der Waals surface area (Å²) in [5.74, 6) is -0.0273. The van der Waals surface area contributed by atoms with Crippen molar-refractivity contribution in [1.29, 1.82) is 5.26 Å². The maximum Gasteiger partial charge on any atom is 0.270 e. The van der Waals surface area contributed by atoms with Crippen LogP contribution in [0.5, 0.6) is 0 Å². The smallest absolute Gasteiger partial charge is 0.270 e. The Morgan fingerprint density at radius 2 is 1.97 bits per heavy atom. The Morgan fingerprint density at radius 3 is 2.52 bits per heavy atom. The lowest BCUT2D eigenvalue weighted by Gasteiger charge is -2.14. The molecule has 0 aliphatic heterocycles. The van der Waals surface area contributed by atoms with Crippen molar-refractivity contribution >= 4 is 39.8 Å². The summed E-state index contributed by atoms with van der Waals surface area (Å²) in [6.45, 7) is 5.89. The van der Waals surface area contributed by atoms with Crippen LogP contribution in [0.4, 0.5) is 10.8 Å². The minimum atomic E-state index is -0.539. The van der Waals surface area contributed by atoms with E-state index < -0.39 is 10.8 Å². The SMILES string of the molecule is CC[C@@H](Sc1nc(-c2ccc(N(C)C)cc2)c(C#N)c(=O)[nH]1)C(=O)Nc1nnc(C(C)C)s1. The number of nitrogens with one attached hydrogen (secondary N) is 2. The van der Waals surface area contributed by atoms with E-state index in [-0.39, 0.29) is 28.2 Å². The van der Waals surface area contributed by atoms with E-state index in [4.69, 9.17) is 0 Å². The summed E-state index contributed by atoms with van der Waals surface area (Å²) >= 11 is 2.48. The van der Waals surface area contributed by atoms with Gasteiger partial charge in [-0.25, -0.2) is 4.98 Å². The van der Waals surface area contributed by atoms with Crippen LogP contribution in [0.25, 0.3) is 11.3 Å². The first-order valence-corrected chi connectivity index (χ1v) is 12.1. The highest BCUT2D eigenvalue weighted by Crippen LogP contribution is 2.28. The molecule has 0 fully saturated rings. The lowest BCUT2D eigenvalue weighted by atomic mass is 10.1. The average Bonchev–Trinajstić information content (AvgIpc) is 3.26. The molecule has 3 rings (SSSR count). The Balaban J connectivity index is 1.86. The third-order valence-corrected chi connectivity index (χ3v) is 7.14. The highest BCUT2D eigenvalue weighted by molar-refractivity contribution is 8.00. The second-order valence-electron chi connectivity index (χ2n) is 7.75. The van der Waals surface area contributed by atoms with E-state index in [9.17, 15) is 14.9 Å². The molecule has 0 aliphatic rings. The van der Waals surface area contributed by atoms with Gasteiger partial charge in [-0.05, 0) is 18.6 Å². The van der Waals surface area contributed by atoms with E-state index in [0.717, 1.165) is 22.5 Å². The van der Waals surface area contributed by atoms with Crippen LogP contribution in [0.1, 0.15) is 43.7 Å². The average molecular weight is 484 g/mol. The molecular formula is C22H25N7O2S2. The molecule has 1 atom stereocenters. The largest absolute Gasteiger partial charge is 0.378 e. The fourth-order valence-corrected chi connectivity index (χ4v) is 4.55. The zero-order valence-electron chi connectivity index (χ0n) is 19.0. The first kappa shape index (κ1) is 24.4. The topological polar surface area (TPSA) is 128 Å². The summed E-state index contributed by atoms with van der Waals surface area (Å²) in [6, 6.07) is 9.36. The van der Waals surface area contributed by atoms with Gasteiger partial charge in [0, 0.05) is 31.3 Å². The molecular weight excluding hydrogens is 458 g/mol. The first-order chi connectivity index (χ1) is 15.7. The predicted molar refractivity (Wildman–Crippen MR) is 132 cm³/mol. The van der Waals surface area contributed by atoms with Crippen molar-refractivity contribution in [3.05, 3.63) is 45.2 Å². The van der Waals surface area contributed by atoms with Gasteiger partial charge in [-0.2, -0.15) is 5.26 Å². The van der Waals surface area contributed by atoms with Gasteiger partial charge in [0.25, 0.3) is 5.56 Å². The molecule has 0 bridgehead atoms. The summed E-state index contributed by atoms with van der Waals surface area (Å²) in [6.07, 6.45) is 0.503. The Morgan fingerprint density at radius 1 is 1.27 bits per heavy atom. The van der Waals surface area contributed by atoms with Gasteiger partial charge in [-0.15, -0.1) is 10.2 Å². The Kier molecular flexibility index (Phi) is 7.84. The van der Waals surface area contributed by atoms with Crippen LogP contribution in [-0.2, 0) is 4.79 Å². The van der Waals surface area contributed by atoms with Gasteiger partial charge in [0.05, 0.1) is 10.9 Å². The molecule has 9 nitrogen and oxygen atoms in total. The summed E-state index contributed by atoms with van der Waals surface area (Å²) < 4.78 is 0. The summed E-state index contributed by atoms with van der Waals surface area (Å²) in [5.41, 5.74) is 1.32. The number of aromatic nitrogens is 4.